The first-order valence-electron chi connectivity index (χ1n) is 11.5. The molecule has 5 rings (SSSR count). The molecule has 8 heteroatoms. The molecule has 2 aromatic heterocycles. The summed E-state index contributed by atoms with van der Waals surface area (Å²) in [6.07, 6.45) is 10.1. The van der Waals surface area contributed by atoms with Gasteiger partial charge in [0.1, 0.15) is 10.8 Å². The zero-order valence-corrected chi connectivity index (χ0v) is 19.6. The van der Waals surface area contributed by atoms with Gasteiger partial charge in [-0.25, -0.2) is 4.98 Å². The average molecular weight is 465 g/mol. The molecule has 1 amide bonds. The summed E-state index contributed by atoms with van der Waals surface area (Å²) in [5.74, 6) is 1.52. The molecule has 1 aliphatic heterocycles. The monoisotopic (exact) mass is 464 g/mol. The van der Waals surface area contributed by atoms with Crippen LogP contribution in [0.15, 0.2) is 36.8 Å². The first kappa shape index (κ1) is 22.0. The Morgan fingerprint density at radius 2 is 2.06 bits per heavy atom. The van der Waals surface area contributed by atoms with E-state index in [0.29, 0.717) is 42.0 Å². The van der Waals surface area contributed by atoms with E-state index in [9.17, 15) is 4.79 Å². The quantitative estimate of drug-likeness (QED) is 0.527. The Bertz CT molecular complexity index is 1110. The van der Waals surface area contributed by atoms with Crippen LogP contribution in [0.25, 0.3) is 10.6 Å². The molecular weight excluding hydrogens is 436 g/mol. The van der Waals surface area contributed by atoms with Crippen molar-refractivity contribution >= 4 is 17.2 Å². The largest absolute Gasteiger partial charge is 0.493 e. The lowest BCUT2D eigenvalue weighted by molar-refractivity contribution is 0.0949. The van der Waals surface area contributed by atoms with Crippen LogP contribution in [0.1, 0.15) is 58.2 Å². The number of ether oxygens (including phenoxy) is 2. The smallest absolute Gasteiger partial charge is 0.251 e. The van der Waals surface area contributed by atoms with Crippen molar-refractivity contribution in [3.05, 3.63) is 58.6 Å². The molecule has 2 fully saturated rings. The van der Waals surface area contributed by atoms with Gasteiger partial charge in [0.05, 0.1) is 37.3 Å². The van der Waals surface area contributed by atoms with Crippen LogP contribution in [0, 0.1) is 12.8 Å². The summed E-state index contributed by atoms with van der Waals surface area (Å²) in [5, 5.41) is 3.87. The number of thiazole rings is 1. The molecule has 1 saturated heterocycles. The maximum absolute atomic E-state index is 13.0. The van der Waals surface area contributed by atoms with Gasteiger partial charge in [0, 0.05) is 40.9 Å². The van der Waals surface area contributed by atoms with Crippen LogP contribution in [0.5, 0.6) is 5.75 Å². The van der Waals surface area contributed by atoms with E-state index >= 15 is 0 Å². The van der Waals surface area contributed by atoms with E-state index in [1.165, 1.54) is 24.1 Å². The molecule has 3 aromatic rings. The topological polar surface area (TPSA) is 86.2 Å². The molecule has 1 saturated carbocycles. The Balaban J connectivity index is 1.35. The fourth-order valence-corrected chi connectivity index (χ4v) is 5.02. The predicted octanol–water partition coefficient (Wildman–Crippen LogP) is 4.52. The van der Waals surface area contributed by atoms with E-state index in [1.807, 2.05) is 25.3 Å². The van der Waals surface area contributed by atoms with Crippen molar-refractivity contribution in [2.24, 2.45) is 5.92 Å². The van der Waals surface area contributed by atoms with E-state index in [2.05, 4.69) is 20.3 Å². The van der Waals surface area contributed by atoms with E-state index in [4.69, 9.17) is 9.47 Å². The molecule has 172 valence electrons. The van der Waals surface area contributed by atoms with E-state index in [0.717, 1.165) is 35.9 Å². The highest BCUT2D eigenvalue weighted by molar-refractivity contribution is 7.15. The standard InChI is InChI=1S/C25H28N4O3S/c1-16-10-27-21(11-26-16)12-28-24(30)19-7-20(25-29-13-23(33-25)18-3-2-4-18)9-22(8-19)32-15-17-5-6-31-14-17/h7-11,13,17-18H,2-6,12,14-15H2,1H3,(H,28,30). The van der Waals surface area contributed by atoms with Crippen LogP contribution in [0.2, 0.25) is 0 Å². The number of amides is 1. The normalized spacial score (nSPS) is 18.2. The third kappa shape index (κ3) is 5.39. The second kappa shape index (κ2) is 9.97. The Morgan fingerprint density at radius 3 is 2.79 bits per heavy atom. The number of aromatic nitrogens is 3. The zero-order chi connectivity index (χ0) is 22.6. The fourth-order valence-electron chi connectivity index (χ4n) is 3.95. The lowest BCUT2D eigenvalue weighted by Crippen LogP contribution is -2.23. The van der Waals surface area contributed by atoms with Crippen molar-refractivity contribution in [1.82, 2.24) is 20.3 Å². The lowest BCUT2D eigenvalue weighted by Gasteiger charge is -2.23. The van der Waals surface area contributed by atoms with E-state index in [-0.39, 0.29) is 5.91 Å². The van der Waals surface area contributed by atoms with Crippen molar-refractivity contribution in [3.63, 3.8) is 0 Å². The number of aryl methyl sites for hydroxylation is 1. The maximum Gasteiger partial charge on any atom is 0.251 e. The maximum atomic E-state index is 13.0. The summed E-state index contributed by atoms with van der Waals surface area (Å²) in [7, 11) is 0. The van der Waals surface area contributed by atoms with Gasteiger partial charge in [-0.3, -0.25) is 14.8 Å². The van der Waals surface area contributed by atoms with Gasteiger partial charge in [0.25, 0.3) is 5.91 Å². The molecule has 0 spiro atoms. The highest BCUT2D eigenvalue weighted by Crippen LogP contribution is 2.41. The van der Waals surface area contributed by atoms with Crippen LogP contribution in [-0.4, -0.2) is 40.7 Å². The molecule has 0 bridgehead atoms. The van der Waals surface area contributed by atoms with Crippen molar-refractivity contribution in [2.45, 2.75) is 45.1 Å². The van der Waals surface area contributed by atoms with Gasteiger partial charge in [0.15, 0.2) is 0 Å². The van der Waals surface area contributed by atoms with Crippen molar-refractivity contribution in [2.75, 3.05) is 19.8 Å². The summed E-state index contributed by atoms with van der Waals surface area (Å²) < 4.78 is 11.6. The van der Waals surface area contributed by atoms with Gasteiger partial charge < -0.3 is 14.8 Å². The van der Waals surface area contributed by atoms with Gasteiger partial charge in [-0.2, -0.15) is 0 Å². The van der Waals surface area contributed by atoms with Gasteiger partial charge >= 0.3 is 0 Å². The predicted molar refractivity (Wildman–Crippen MR) is 127 cm³/mol. The highest BCUT2D eigenvalue weighted by Gasteiger charge is 2.23. The number of rotatable bonds is 8. The molecule has 1 N–H and O–H groups in total. The fraction of sp³-hybridized carbons (Fsp3) is 0.440. The summed E-state index contributed by atoms with van der Waals surface area (Å²) in [6, 6.07) is 5.68. The molecule has 1 aliphatic carbocycles. The first-order valence-corrected chi connectivity index (χ1v) is 12.3. The number of hydrogen-bond acceptors (Lipinski definition) is 7. The van der Waals surface area contributed by atoms with Crippen molar-refractivity contribution in [3.8, 4) is 16.3 Å². The first-order chi connectivity index (χ1) is 16.1. The van der Waals surface area contributed by atoms with Gasteiger partial charge in [-0.1, -0.05) is 6.42 Å². The third-order valence-electron chi connectivity index (χ3n) is 6.22. The minimum Gasteiger partial charge on any atom is -0.493 e. The average Bonchev–Trinajstić information content (AvgIpc) is 3.48. The Morgan fingerprint density at radius 1 is 1.15 bits per heavy atom. The molecule has 2 aliphatic rings. The molecule has 1 atom stereocenters. The molecule has 3 heterocycles. The number of hydrogen-bond donors (Lipinski definition) is 1. The molecule has 1 aromatic carbocycles. The molecule has 0 radical (unpaired) electrons. The Kier molecular flexibility index (Phi) is 6.64. The van der Waals surface area contributed by atoms with Crippen LogP contribution in [0.4, 0.5) is 0 Å². The second-order valence-electron chi connectivity index (χ2n) is 8.81. The van der Waals surface area contributed by atoms with Gasteiger partial charge in [0.2, 0.25) is 0 Å². The summed E-state index contributed by atoms with van der Waals surface area (Å²) in [6.45, 7) is 4.29. The Labute approximate surface area is 197 Å². The summed E-state index contributed by atoms with van der Waals surface area (Å²) in [4.78, 5) is 27.5. The summed E-state index contributed by atoms with van der Waals surface area (Å²) in [5.41, 5.74) is 3.02. The van der Waals surface area contributed by atoms with Crippen LogP contribution >= 0.6 is 11.3 Å². The van der Waals surface area contributed by atoms with Gasteiger partial charge in [-0.05, 0) is 50.3 Å². The van der Waals surface area contributed by atoms with Crippen molar-refractivity contribution < 1.29 is 14.3 Å². The zero-order valence-electron chi connectivity index (χ0n) is 18.8. The summed E-state index contributed by atoms with van der Waals surface area (Å²) >= 11 is 1.72. The number of carbonyl (C=O) groups excluding carboxylic acids is 1. The number of carbonyl (C=O) groups is 1. The third-order valence-corrected chi connectivity index (χ3v) is 7.43. The second-order valence-corrected chi connectivity index (χ2v) is 9.88. The SMILES string of the molecule is Cc1cnc(CNC(=O)c2cc(OCC3CCOC3)cc(-c3ncc(C4CCC4)s3)c2)cn1. The molecular formula is C25H28N4O3S. The van der Waals surface area contributed by atoms with Crippen LogP contribution < -0.4 is 10.1 Å². The van der Waals surface area contributed by atoms with Crippen molar-refractivity contribution in [1.29, 1.82) is 0 Å². The number of benzene rings is 1. The minimum atomic E-state index is -0.177. The van der Waals surface area contributed by atoms with Crippen LogP contribution in [-0.2, 0) is 11.3 Å². The van der Waals surface area contributed by atoms with Crippen LogP contribution in [0.3, 0.4) is 0 Å². The number of nitrogens with one attached hydrogen (secondary N) is 1. The van der Waals surface area contributed by atoms with E-state index < -0.39 is 0 Å². The van der Waals surface area contributed by atoms with E-state index in [1.54, 1.807) is 29.8 Å². The molecule has 33 heavy (non-hydrogen) atoms. The number of nitrogens with zero attached hydrogens (tertiary/aromatic N) is 3. The lowest BCUT2D eigenvalue weighted by atomic mass is 9.85. The highest BCUT2D eigenvalue weighted by atomic mass is 32.1. The van der Waals surface area contributed by atoms with Gasteiger partial charge in [-0.15, -0.1) is 11.3 Å². The molecule has 1 unspecified atom stereocenters. The Hall–Kier alpha value is -2.84. The minimum absolute atomic E-state index is 0.177. The molecule has 7 nitrogen and oxygen atoms in total.